The van der Waals surface area contributed by atoms with Crippen molar-refractivity contribution in [1.29, 1.82) is 0 Å². The average molecular weight is 368 g/mol. The van der Waals surface area contributed by atoms with Gasteiger partial charge in [0.1, 0.15) is 0 Å². The van der Waals surface area contributed by atoms with Gasteiger partial charge in [-0.15, -0.1) is 0 Å². The number of benzene rings is 1. The molecule has 1 saturated heterocycles. The molecule has 1 amide bonds. The Labute approximate surface area is 150 Å². The van der Waals surface area contributed by atoms with E-state index in [1.165, 1.54) is 12.1 Å². The maximum absolute atomic E-state index is 12.4. The Morgan fingerprint density at radius 1 is 1.28 bits per heavy atom. The van der Waals surface area contributed by atoms with Crippen molar-refractivity contribution < 1.29 is 17.9 Å². The second-order valence-electron chi connectivity index (χ2n) is 7.46. The Kier molecular flexibility index (Phi) is 5.91. The molecule has 0 aliphatic carbocycles. The zero-order valence-corrected chi connectivity index (χ0v) is 16.4. The van der Waals surface area contributed by atoms with Gasteiger partial charge in [0.2, 0.25) is 0 Å². The van der Waals surface area contributed by atoms with Gasteiger partial charge in [-0.25, -0.2) is 8.42 Å². The molecular formula is C18H28N2O4S. The first-order valence-corrected chi connectivity index (χ1v) is 10.4. The second kappa shape index (κ2) is 7.43. The molecule has 6 nitrogen and oxygen atoms in total. The van der Waals surface area contributed by atoms with Crippen LogP contribution in [-0.2, 0) is 14.6 Å². The monoisotopic (exact) mass is 368 g/mol. The van der Waals surface area contributed by atoms with E-state index in [0.717, 1.165) is 19.3 Å². The first-order chi connectivity index (χ1) is 11.5. The fraction of sp³-hybridized carbons (Fsp3) is 0.611. The van der Waals surface area contributed by atoms with Crippen LogP contribution >= 0.6 is 0 Å². The summed E-state index contributed by atoms with van der Waals surface area (Å²) < 4.78 is 29.1. The number of amides is 1. The van der Waals surface area contributed by atoms with E-state index in [1.807, 2.05) is 13.8 Å². The zero-order chi connectivity index (χ0) is 18.8. The van der Waals surface area contributed by atoms with E-state index >= 15 is 0 Å². The number of hydrogen-bond acceptors (Lipinski definition) is 5. The van der Waals surface area contributed by atoms with Crippen LogP contribution in [0.1, 0.15) is 38.1 Å². The van der Waals surface area contributed by atoms with Crippen molar-refractivity contribution in [2.24, 2.45) is 0 Å². The van der Waals surface area contributed by atoms with Gasteiger partial charge < -0.3 is 10.1 Å². The summed E-state index contributed by atoms with van der Waals surface area (Å²) in [6, 6.07) is 6.11. The van der Waals surface area contributed by atoms with Crippen LogP contribution in [-0.4, -0.2) is 62.9 Å². The molecule has 1 N–H and O–H groups in total. The van der Waals surface area contributed by atoms with Crippen LogP contribution in [0.4, 0.5) is 0 Å². The molecule has 140 valence electrons. The predicted molar refractivity (Wildman–Crippen MR) is 97.5 cm³/mol. The van der Waals surface area contributed by atoms with Gasteiger partial charge in [-0.3, -0.25) is 9.69 Å². The minimum atomic E-state index is -3.33. The minimum Gasteiger partial charge on any atom is -0.373 e. The number of nitrogens with zero attached hydrogens (tertiary/aromatic N) is 1. The molecule has 1 heterocycles. The minimum absolute atomic E-state index is 0.148. The van der Waals surface area contributed by atoms with Gasteiger partial charge >= 0.3 is 0 Å². The summed E-state index contributed by atoms with van der Waals surface area (Å²) in [7, 11) is -3.33. The van der Waals surface area contributed by atoms with Gasteiger partial charge in [0.25, 0.3) is 5.91 Å². The van der Waals surface area contributed by atoms with Gasteiger partial charge in [-0.2, -0.15) is 0 Å². The number of morpholine rings is 1. The maximum atomic E-state index is 12.4. The van der Waals surface area contributed by atoms with Crippen LogP contribution in [0.5, 0.6) is 0 Å². The summed E-state index contributed by atoms with van der Waals surface area (Å²) in [4.78, 5) is 14.9. The molecule has 1 aromatic rings. The van der Waals surface area contributed by atoms with Gasteiger partial charge in [-0.1, -0.05) is 6.07 Å². The van der Waals surface area contributed by atoms with E-state index < -0.39 is 9.84 Å². The van der Waals surface area contributed by atoms with Crippen LogP contribution in [0.25, 0.3) is 0 Å². The Hall–Kier alpha value is -1.44. The Balaban J connectivity index is 2.04. The van der Waals surface area contributed by atoms with Crippen molar-refractivity contribution in [3.05, 3.63) is 29.8 Å². The first-order valence-electron chi connectivity index (χ1n) is 8.48. The molecule has 1 fully saturated rings. The number of rotatable bonds is 5. The van der Waals surface area contributed by atoms with Crippen LogP contribution in [0, 0.1) is 0 Å². The van der Waals surface area contributed by atoms with Crippen molar-refractivity contribution in [3.8, 4) is 0 Å². The molecule has 1 aliphatic heterocycles. The molecular weight excluding hydrogens is 340 g/mol. The molecule has 0 bridgehead atoms. The Morgan fingerprint density at radius 3 is 2.44 bits per heavy atom. The van der Waals surface area contributed by atoms with Gasteiger partial charge in [0.15, 0.2) is 9.84 Å². The molecule has 0 spiro atoms. The molecule has 0 radical (unpaired) electrons. The van der Waals surface area contributed by atoms with E-state index in [9.17, 15) is 13.2 Å². The third kappa shape index (κ3) is 5.26. The lowest BCUT2D eigenvalue weighted by Crippen LogP contribution is -2.58. The molecule has 25 heavy (non-hydrogen) atoms. The molecule has 1 aliphatic rings. The fourth-order valence-electron chi connectivity index (χ4n) is 3.05. The highest BCUT2D eigenvalue weighted by atomic mass is 32.2. The quantitative estimate of drug-likeness (QED) is 0.856. The van der Waals surface area contributed by atoms with Crippen molar-refractivity contribution in [3.63, 3.8) is 0 Å². The summed E-state index contributed by atoms with van der Waals surface area (Å²) in [5.41, 5.74) is 0.124. The summed E-state index contributed by atoms with van der Waals surface area (Å²) in [6.07, 6.45) is 1.45. The van der Waals surface area contributed by atoms with E-state index in [4.69, 9.17) is 4.74 Å². The van der Waals surface area contributed by atoms with Gasteiger partial charge in [-0.05, 0) is 45.9 Å². The second-order valence-corrected chi connectivity index (χ2v) is 9.47. The Bertz CT molecular complexity index is 720. The Morgan fingerprint density at radius 2 is 1.88 bits per heavy atom. The molecule has 0 unspecified atom stereocenters. The summed E-state index contributed by atoms with van der Waals surface area (Å²) >= 11 is 0. The number of sulfone groups is 1. The maximum Gasteiger partial charge on any atom is 0.251 e. The predicted octanol–water partition coefficient (Wildman–Crippen LogP) is 1.71. The largest absolute Gasteiger partial charge is 0.373 e. The van der Waals surface area contributed by atoms with Crippen LogP contribution in [0.2, 0.25) is 0 Å². The van der Waals surface area contributed by atoms with Gasteiger partial charge in [0.05, 0.1) is 17.1 Å². The standard InChI is InChI=1S/C18H28N2O4S/c1-13-10-20(11-14(2)24-13)18(3,4)12-19-17(21)15-7-6-8-16(9-15)25(5,22)23/h6-9,13-14H,10-12H2,1-5H3,(H,19,21)/t13-,14+. The highest BCUT2D eigenvalue weighted by Gasteiger charge is 2.33. The van der Waals surface area contributed by atoms with Crippen molar-refractivity contribution >= 4 is 15.7 Å². The molecule has 7 heteroatoms. The third-order valence-corrected chi connectivity index (χ3v) is 5.59. The third-order valence-electron chi connectivity index (χ3n) is 4.48. The molecule has 0 aromatic heterocycles. The number of ether oxygens (including phenoxy) is 1. The van der Waals surface area contributed by atoms with E-state index in [0.29, 0.717) is 12.1 Å². The zero-order valence-electron chi connectivity index (χ0n) is 15.6. The lowest BCUT2D eigenvalue weighted by atomic mass is 10.00. The molecule has 0 saturated carbocycles. The summed E-state index contributed by atoms with van der Waals surface area (Å²) in [6.45, 7) is 10.4. The number of nitrogens with one attached hydrogen (secondary N) is 1. The topological polar surface area (TPSA) is 75.7 Å². The number of carbonyl (C=O) groups is 1. The van der Waals surface area contributed by atoms with E-state index in [2.05, 4.69) is 24.1 Å². The lowest BCUT2D eigenvalue weighted by Gasteiger charge is -2.45. The number of hydrogen-bond donors (Lipinski definition) is 1. The van der Waals surface area contributed by atoms with E-state index in [1.54, 1.807) is 12.1 Å². The van der Waals surface area contributed by atoms with Crippen molar-refractivity contribution in [2.45, 2.75) is 50.3 Å². The van der Waals surface area contributed by atoms with Crippen molar-refractivity contribution in [2.75, 3.05) is 25.9 Å². The fourth-order valence-corrected chi connectivity index (χ4v) is 3.72. The molecule has 2 rings (SSSR count). The average Bonchev–Trinajstić information content (AvgIpc) is 2.51. The summed E-state index contributed by atoms with van der Waals surface area (Å²) in [5, 5.41) is 2.93. The number of carbonyl (C=O) groups excluding carboxylic acids is 1. The smallest absolute Gasteiger partial charge is 0.251 e. The van der Waals surface area contributed by atoms with E-state index in [-0.39, 0.29) is 28.5 Å². The van der Waals surface area contributed by atoms with Crippen LogP contribution in [0.3, 0.4) is 0 Å². The SMILES string of the molecule is C[C@@H]1CN(C(C)(C)CNC(=O)c2cccc(S(C)(=O)=O)c2)C[C@H](C)O1. The van der Waals surface area contributed by atoms with Gasteiger partial charge in [0, 0.05) is 37.0 Å². The van der Waals surface area contributed by atoms with Crippen LogP contribution in [0.15, 0.2) is 29.2 Å². The van der Waals surface area contributed by atoms with Crippen LogP contribution < -0.4 is 5.32 Å². The summed E-state index contributed by atoms with van der Waals surface area (Å²) in [5.74, 6) is -0.270. The van der Waals surface area contributed by atoms with Crippen molar-refractivity contribution in [1.82, 2.24) is 10.2 Å². The first kappa shape index (κ1) is 19.9. The lowest BCUT2D eigenvalue weighted by molar-refractivity contribution is -0.0948. The highest BCUT2D eigenvalue weighted by molar-refractivity contribution is 7.90. The molecule has 1 aromatic carbocycles. The normalized spacial score (nSPS) is 22.6. The molecule has 2 atom stereocenters. The highest BCUT2D eigenvalue weighted by Crippen LogP contribution is 2.21.